The molecule has 0 saturated heterocycles. The molecule has 0 atom stereocenters. The zero-order chi connectivity index (χ0) is 71.4. The maximum absolute atomic E-state index is 9.92. The average molecular weight is 1140 g/mol. The van der Waals surface area contributed by atoms with Crippen LogP contribution in [0.5, 0.6) is 11.5 Å². The van der Waals surface area contributed by atoms with Crippen LogP contribution in [0, 0.1) is 6.33 Å². The summed E-state index contributed by atoms with van der Waals surface area (Å²) in [6.07, 6.45) is 5.70. The molecule has 11 aromatic carbocycles. The van der Waals surface area contributed by atoms with Gasteiger partial charge < -0.3 is 4.74 Å². The zero-order valence-electron chi connectivity index (χ0n) is 63.1. The predicted molar refractivity (Wildman–Crippen MR) is 359 cm³/mol. The van der Waals surface area contributed by atoms with Crippen molar-refractivity contribution in [2.24, 2.45) is 0 Å². The number of benzene rings is 11. The van der Waals surface area contributed by atoms with E-state index >= 15 is 0 Å². The fourth-order valence-corrected chi connectivity index (χ4v) is 16.3. The first-order chi connectivity index (χ1) is 48.1. The number of pyridine rings is 1. The van der Waals surface area contributed by atoms with Crippen molar-refractivity contribution in [1.82, 2.24) is 14.1 Å². The van der Waals surface area contributed by atoms with E-state index in [0.29, 0.717) is 45.1 Å². The first kappa shape index (κ1) is 38.7. The molecule has 1 aliphatic rings. The Morgan fingerprint density at radius 1 is 0.442 bits per heavy atom. The lowest BCUT2D eigenvalue weighted by molar-refractivity contribution is -0.570. The van der Waals surface area contributed by atoms with Crippen LogP contribution in [-0.4, -0.2) is 22.2 Å². The van der Waals surface area contributed by atoms with Crippen LogP contribution in [0.3, 0.4) is 0 Å². The molecule has 0 saturated carbocycles. The molecule has 14 aromatic rings. The lowest BCUT2D eigenvalue weighted by atomic mass is 9.85. The number of nitrogens with zero attached hydrogens (tertiary/aromatic N) is 4. The summed E-state index contributed by atoms with van der Waals surface area (Å²) in [6, 6.07) is 46.9. The maximum Gasteiger partial charge on any atom is 0.269 e. The Bertz CT molecular complexity index is 5620. The molecule has 0 bridgehead atoms. The molecule has 0 amide bonds. The van der Waals surface area contributed by atoms with Crippen molar-refractivity contribution in [2.75, 3.05) is 0 Å². The van der Waals surface area contributed by atoms with Crippen LogP contribution >= 0.6 is 0 Å². The summed E-state index contributed by atoms with van der Waals surface area (Å²) in [5.41, 5.74) is 12.0. The summed E-state index contributed by atoms with van der Waals surface area (Å²) in [6.45, 7) is 13.0. The SMILES string of the molecule is [2H]c1c([2H])c([2H])c([Si](c2ccc3c(c2)-c2cccc(-c4ccc(C(C)(C)C)cc4)c2-[n+]2[c-]n(-c4cccc(Oc5ccc6c7ccccc7n(-c7cc(C(C)(C)C)ccn7)c6c5)c4)c4cccc(c42)-c2ccccc2-3)(c2c([2H])c([2H])c([2H])c([2H])c2[2H])c2c([2H])c([2H])c([2H])c([2H])c2[2H])c([2H])c1[2H]. The lowest BCUT2D eigenvalue weighted by Crippen LogP contribution is -2.74. The molecule has 0 N–H and O–H groups in total. The number of fused-ring (bicyclic) bond motifs is 10. The highest BCUT2D eigenvalue weighted by Crippen LogP contribution is 2.46. The number of hydrogen-bond acceptors (Lipinski definition) is 2. The maximum atomic E-state index is 9.92. The van der Waals surface area contributed by atoms with Gasteiger partial charge in [-0.1, -0.05) is 260 Å². The summed E-state index contributed by atoms with van der Waals surface area (Å²) < 4.78 is 155. The second kappa shape index (κ2) is 20.6. The number of ether oxygens (including phenoxy) is 1. The minimum atomic E-state index is -5.60. The smallest absolute Gasteiger partial charge is 0.269 e. The number of imidazole rings is 1. The van der Waals surface area contributed by atoms with Crippen LogP contribution < -0.4 is 30.1 Å². The van der Waals surface area contributed by atoms with Gasteiger partial charge in [-0.15, -0.1) is 0 Å². The molecule has 6 heteroatoms. The minimum absolute atomic E-state index is 0.0208. The van der Waals surface area contributed by atoms with Gasteiger partial charge >= 0.3 is 0 Å². The average Bonchev–Trinajstić information content (AvgIpc) is 1.26. The highest BCUT2D eigenvalue weighted by molar-refractivity contribution is 7.20. The van der Waals surface area contributed by atoms with Crippen LogP contribution in [0.15, 0.2) is 279 Å². The molecule has 1 aliphatic heterocycles. The summed E-state index contributed by atoms with van der Waals surface area (Å²) in [5, 5.41) is 0.340. The van der Waals surface area contributed by atoms with E-state index in [0.717, 1.165) is 72.0 Å². The molecular formula is C80H64N4OSi. The first-order valence-electron chi connectivity index (χ1n) is 36.1. The largest absolute Gasteiger partial charge is 0.458 e. The van der Waals surface area contributed by atoms with Gasteiger partial charge in [0, 0.05) is 23.0 Å². The highest BCUT2D eigenvalue weighted by atomic mass is 28.3. The minimum Gasteiger partial charge on any atom is -0.458 e. The van der Waals surface area contributed by atoms with Crippen LogP contribution in [-0.2, 0) is 10.8 Å². The Morgan fingerprint density at radius 2 is 1.01 bits per heavy atom. The molecule has 0 aliphatic carbocycles. The number of hydrogen-bond donors (Lipinski definition) is 0. The molecular weight excluding hydrogens is 1060 g/mol. The van der Waals surface area contributed by atoms with Gasteiger partial charge in [-0.3, -0.25) is 13.7 Å². The van der Waals surface area contributed by atoms with Crippen LogP contribution in [0.4, 0.5) is 0 Å². The Morgan fingerprint density at radius 3 is 1.71 bits per heavy atom. The van der Waals surface area contributed by atoms with Crippen molar-refractivity contribution < 1.29 is 29.9 Å². The van der Waals surface area contributed by atoms with E-state index in [1.54, 1.807) is 18.2 Å². The number of para-hydroxylation sites is 3. The quantitative estimate of drug-likeness (QED) is 0.0625. The van der Waals surface area contributed by atoms with E-state index in [4.69, 9.17) is 13.8 Å². The summed E-state index contributed by atoms with van der Waals surface area (Å²) in [7, 11) is -5.60. The first-order valence-corrected chi connectivity index (χ1v) is 30.6. The van der Waals surface area contributed by atoms with E-state index in [9.17, 15) is 16.4 Å². The Kier molecular flexibility index (Phi) is 9.25. The van der Waals surface area contributed by atoms with E-state index in [1.165, 1.54) is 0 Å². The van der Waals surface area contributed by atoms with Gasteiger partial charge in [0.1, 0.15) is 17.3 Å². The third kappa shape index (κ3) is 8.73. The summed E-state index contributed by atoms with van der Waals surface area (Å²) in [5.74, 6) is 1.91. The van der Waals surface area contributed by atoms with E-state index in [1.807, 2.05) is 125 Å². The van der Waals surface area contributed by atoms with Gasteiger partial charge in [-0.25, -0.2) is 4.98 Å². The summed E-state index contributed by atoms with van der Waals surface area (Å²) >= 11 is 0. The van der Waals surface area contributed by atoms with Crippen molar-refractivity contribution in [1.29, 1.82) is 0 Å². The van der Waals surface area contributed by atoms with E-state index < -0.39 is 114 Å². The van der Waals surface area contributed by atoms with Gasteiger partial charge in [0.15, 0.2) is 8.07 Å². The van der Waals surface area contributed by atoms with Gasteiger partial charge in [-0.05, 0) is 136 Å². The standard InChI is InChI=1S/C80H64N4OSi/c1-79(2,3)55-41-39-54(40-42-55)64-34-21-35-71-72-52-63(86(60-25-10-7-11-26-60,61-27-12-8-13-28-61)62-29-14-9-15-30-62)44-46-67(72)65-31-16-17-32-66(65)70-36-22-38-74-78(70)83(77(64)71)53-82(74)57-23-20-24-58(50-57)85-59-43-45-69-68-33-18-19-37-73(68)84(75(69)51-59)76-49-56(47-48-81-76)80(4,5)6/h7-52H,1-6H3/i7D,8D,9D,10D,11D,12D,13D,14D,15D,25D,26D,27D,28D,29D,30D. The molecule has 0 unspecified atom stereocenters. The van der Waals surface area contributed by atoms with Gasteiger partial charge in [-0.2, -0.15) is 0 Å². The van der Waals surface area contributed by atoms with E-state index in [-0.39, 0.29) is 16.0 Å². The van der Waals surface area contributed by atoms with Crippen molar-refractivity contribution in [3.8, 4) is 73.2 Å². The highest BCUT2D eigenvalue weighted by Gasteiger charge is 2.42. The molecule has 86 heavy (non-hydrogen) atoms. The molecule has 15 rings (SSSR count). The van der Waals surface area contributed by atoms with Crippen molar-refractivity contribution >= 4 is 61.7 Å². The summed E-state index contributed by atoms with van der Waals surface area (Å²) in [4.78, 5) is 4.90. The van der Waals surface area contributed by atoms with Crippen LogP contribution in [0.2, 0.25) is 0 Å². The Labute approximate surface area is 525 Å². The molecule has 3 aromatic heterocycles. The lowest BCUT2D eigenvalue weighted by Gasteiger charge is -2.35. The molecule has 4 heterocycles. The van der Waals surface area contributed by atoms with Crippen molar-refractivity contribution in [3.05, 3.63) is 296 Å². The molecule has 5 nitrogen and oxygen atoms in total. The third-order valence-electron chi connectivity index (χ3n) is 16.7. The Balaban J connectivity index is 1.02. The van der Waals surface area contributed by atoms with Gasteiger partial charge in [0.25, 0.3) is 6.33 Å². The molecule has 0 radical (unpaired) electrons. The normalized spacial score (nSPS) is 14.7. The molecule has 0 spiro atoms. The monoisotopic (exact) mass is 1140 g/mol. The number of rotatable bonds is 9. The van der Waals surface area contributed by atoms with Crippen LogP contribution in [0.25, 0.3) is 94.5 Å². The van der Waals surface area contributed by atoms with Gasteiger partial charge in [0.2, 0.25) is 0 Å². The van der Waals surface area contributed by atoms with Gasteiger partial charge in [0.05, 0.1) is 54.0 Å². The fraction of sp³-hybridized carbons (Fsp3) is 0.100. The van der Waals surface area contributed by atoms with Crippen molar-refractivity contribution in [2.45, 2.75) is 52.4 Å². The number of aromatic nitrogens is 4. The molecule has 414 valence electrons. The van der Waals surface area contributed by atoms with E-state index in [2.05, 4.69) is 107 Å². The van der Waals surface area contributed by atoms with Crippen molar-refractivity contribution in [3.63, 3.8) is 0 Å². The van der Waals surface area contributed by atoms with Crippen LogP contribution in [0.1, 0.15) is 73.2 Å². The molecule has 0 fully saturated rings. The third-order valence-corrected chi connectivity index (χ3v) is 20.9. The fourth-order valence-electron chi connectivity index (χ4n) is 12.5. The zero-order valence-corrected chi connectivity index (χ0v) is 49.1. The second-order valence-corrected chi connectivity index (χ2v) is 27.4. The topological polar surface area (TPSA) is 35.9 Å². The Hall–Kier alpha value is -10.1. The second-order valence-electron chi connectivity index (χ2n) is 23.8. The predicted octanol–water partition coefficient (Wildman–Crippen LogP) is 16.9.